The Morgan fingerprint density at radius 2 is 2.09 bits per heavy atom. The van der Waals surface area contributed by atoms with Crippen LogP contribution in [0.3, 0.4) is 0 Å². The lowest BCUT2D eigenvalue weighted by molar-refractivity contribution is 0.212. The lowest BCUT2D eigenvalue weighted by Crippen LogP contribution is -2.52. The fraction of sp³-hybridized carbons (Fsp3) is 0.400. The number of fused-ring (bicyclic) bond motifs is 1. The molecule has 1 fully saturated rings. The van der Waals surface area contributed by atoms with Gasteiger partial charge in [0.15, 0.2) is 0 Å². The highest BCUT2D eigenvalue weighted by molar-refractivity contribution is 7.89. The third-order valence-corrected chi connectivity index (χ3v) is 6.05. The van der Waals surface area contributed by atoms with Crippen molar-refractivity contribution >= 4 is 38.2 Å². The van der Waals surface area contributed by atoms with Gasteiger partial charge in [0.05, 0.1) is 5.75 Å². The van der Waals surface area contributed by atoms with E-state index in [1.165, 1.54) is 4.31 Å². The van der Waals surface area contributed by atoms with Crippen molar-refractivity contribution in [2.75, 3.05) is 30.7 Å². The average Bonchev–Trinajstić information content (AvgIpc) is 2.45. The fourth-order valence-electron chi connectivity index (χ4n) is 2.56. The SMILES string of the molecule is CCS(=O)(=O)N1CC(CNc2cc3ccccc3c(Cl)n2)C1. The van der Waals surface area contributed by atoms with E-state index in [9.17, 15) is 8.42 Å². The van der Waals surface area contributed by atoms with E-state index in [1.807, 2.05) is 30.3 Å². The number of rotatable bonds is 5. The molecule has 1 aliphatic heterocycles. The van der Waals surface area contributed by atoms with Crippen molar-refractivity contribution in [3.05, 3.63) is 35.5 Å². The van der Waals surface area contributed by atoms with Gasteiger partial charge >= 0.3 is 0 Å². The Morgan fingerprint density at radius 3 is 2.82 bits per heavy atom. The third-order valence-electron chi connectivity index (χ3n) is 3.95. The summed E-state index contributed by atoms with van der Waals surface area (Å²) in [5.41, 5.74) is 0. The van der Waals surface area contributed by atoms with Gasteiger partial charge in [-0.2, -0.15) is 0 Å². The first-order valence-electron chi connectivity index (χ1n) is 7.26. The van der Waals surface area contributed by atoms with Gasteiger partial charge in [0.25, 0.3) is 0 Å². The maximum absolute atomic E-state index is 11.7. The van der Waals surface area contributed by atoms with Crippen LogP contribution >= 0.6 is 11.6 Å². The molecule has 0 amide bonds. The second-order valence-corrected chi connectivity index (χ2v) is 8.10. The van der Waals surface area contributed by atoms with Gasteiger partial charge in [0, 0.05) is 30.9 Å². The molecule has 3 rings (SSSR count). The van der Waals surface area contributed by atoms with Crippen molar-refractivity contribution in [2.45, 2.75) is 6.92 Å². The number of sulfonamides is 1. The molecule has 7 heteroatoms. The van der Waals surface area contributed by atoms with E-state index in [0.717, 1.165) is 16.6 Å². The second-order valence-electron chi connectivity index (χ2n) is 5.48. The number of halogens is 1. The number of nitrogens with zero attached hydrogens (tertiary/aromatic N) is 2. The fourth-order valence-corrected chi connectivity index (χ4v) is 4.06. The van der Waals surface area contributed by atoms with Crippen LogP contribution in [0.4, 0.5) is 5.82 Å². The molecule has 2 aromatic rings. The van der Waals surface area contributed by atoms with Crippen molar-refractivity contribution in [2.24, 2.45) is 5.92 Å². The van der Waals surface area contributed by atoms with Gasteiger partial charge in [-0.3, -0.25) is 0 Å². The first kappa shape index (κ1) is 15.5. The van der Waals surface area contributed by atoms with Gasteiger partial charge in [-0.05, 0) is 18.4 Å². The Balaban J connectivity index is 1.62. The van der Waals surface area contributed by atoms with Crippen molar-refractivity contribution in [3.8, 4) is 0 Å². The Labute approximate surface area is 135 Å². The Bertz CT molecular complexity index is 788. The molecule has 0 aliphatic carbocycles. The standard InChI is InChI=1S/C15H18ClN3O2S/c1-2-22(20,21)19-9-11(10-19)8-17-14-7-12-5-3-4-6-13(12)15(16)18-14/h3-7,11H,2,8-10H2,1H3,(H,17,18). The predicted molar refractivity (Wildman–Crippen MR) is 89.8 cm³/mol. The Morgan fingerprint density at radius 1 is 1.36 bits per heavy atom. The normalized spacial score (nSPS) is 16.6. The van der Waals surface area contributed by atoms with E-state index in [-0.39, 0.29) is 5.75 Å². The summed E-state index contributed by atoms with van der Waals surface area (Å²) < 4.78 is 24.9. The van der Waals surface area contributed by atoms with Gasteiger partial charge in [-0.25, -0.2) is 17.7 Å². The lowest BCUT2D eigenvalue weighted by Gasteiger charge is -2.38. The molecule has 1 N–H and O–H groups in total. The molecule has 0 unspecified atom stereocenters. The number of pyridine rings is 1. The quantitative estimate of drug-likeness (QED) is 0.850. The first-order chi connectivity index (χ1) is 10.5. The highest BCUT2D eigenvalue weighted by atomic mass is 35.5. The highest BCUT2D eigenvalue weighted by Gasteiger charge is 2.34. The summed E-state index contributed by atoms with van der Waals surface area (Å²) in [6.07, 6.45) is 0. The molecule has 1 aromatic heterocycles. The zero-order chi connectivity index (χ0) is 15.7. The number of hydrogen-bond donors (Lipinski definition) is 1. The van der Waals surface area contributed by atoms with Crippen LogP contribution in [0, 0.1) is 5.92 Å². The molecule has 0 bridgehead atoms. The highest BCUT2D eigenvalue weighted by Crippen LogP contribution is 2.25. The minimum absolute atomic E-state index is 0.162. The molecule has 1 aliphatic rings. The zero-order valence-electron chi connectivity index (χ0n) is 12.3. The zero-order valence-corrected chi connectivity index (χ0v) is 13.9. The summed E-state index contributed by atoms with van der Waals surface area (Å²) >= 11 is 6.19. The maximum atomic E-state index is 11.7. The van der Waals surface area contributed by atoms with E-state index in [2.05, 4.69) is 10.3 Å². The molecular formula is C15H18ClN3O2S. The summed E-state index contributed by atoms with van der Waals surface area (Å²) in [6, 6.07) is 9.78. The molecule has 0 spiro atoms. The summed E-state index contributed by atoms with van der Waals surface area (Å²) in [5, 5.41) is 5.69. The minimum Gasteiger partial charge on any atom is -0.370 e. The maximum Gasteiger partial charge on any atom is 0.213 e. The lowest BCUT2D eigenvalue weighted by atomic mass is 10.0. The van der Waals surface area contributed by atoms with E-state index in [4.69, 9.17) is 11.6 Å². The van der Waals surface area contributed by atoms with Gasteiger partial charge in [-0.15, -0.1) is 0 Å². The molecule has 22 heavy (non-hydrogen) atoms. The number of benzene rings is 1. The largest absolute Gasteiger partial charge is 0.370 e. The topological polar surface area (TPSA) is 62.3 Å². The van der Waals surface area contributed by atoms with E-state index < -0.39 is 10.0 Å². The molecule has 0 atom stereocenters. The van der Waals surface area contributed by atoms with E-state index in [1.54, 1.807) is 6.92 Å². The van der Waals surface area contributed by atoms with Gasteiger partial charge in [-0.1, -0.05) is 35.9 Å². The van der Waals surface area contributed by atoms with E-state index in [0.29, 0.717) is 30.7 Å². The summed E-state index contributed by atoms with van der Waals surface area (Å²) in [7, 11) is -3.04. The minimum atomic E-state index is -3.04. The monoisotopic (exact) mass is 339 g/mol. The van der Waals surface area contributed by atoms with Crippen molar-refractivity contribution in [1.29, 1.82) is 0 Å². The van der Waals surface area contributed by atoms with Gasteiger partial charge in [0.1, 0.15) is 11.0 Å². The van der Waals surface area contributed by atoms with Gasteiger partial charge < -0.3 is 5.32 Å². The Hall–Kier alpha value is -1.37. The summed E-state index contributed by atoms with van der Waals surface area (Å²) in [6.45, 7) is 3.51. The van der Waals surface area contributed by atoms with Crippen LogP contribution in [-0.4, -0.2) is 43.1 Å². The second kappa shape index (κ2) is 6.02. The number of nitrogens with one attached hydrogen (secondary N) is 1. The number of aromatic nitrogens is 1. The van der Waals surface area contributed by atoms with Crippen molar-refractivity contribution in [3.63, 3.8) is 0 Å². The van der Waals surface area contributed by atoms with Crippen LogP contribution in [-0.2, 0) is 10.0 Å². The van der Waals surface area contributed by atoms with Crippen LogP contribution in [0.1, 0.15) is 6.92 Å². The average molecular weight is 340 g/mol. The molecule has 1 saturated heterocycles. The number of hydrogen-bond acceptors (Lipinski definition) is 4. The van der Waals surface area contributed by atoms with Crippen LogP contribution in [0.2, 0.25) is 5.15 Å². The Kier molecular flexibility index (Phi) is 4.25. The number of anilines is 1. The summed E-state index contributed by atoms with van der Waals surface area (Å²) in [5.74, 6) is 1.20. The molecule has 5 nitrogen and oxygen atoms in total. The van der Waals surface area contributed by atoms with E-state index >= 15 is 0 Å². The third kappa shape index (κ3) is 3.04. The molecule has 0 radical (unpaired) electrons. The summed E-state index contributed by atoms with van der Waals surface area (Å²) in [4.78, 5) is 4.34. The molecule has 0 saturated carbocycles. The van der Waals surface area contributed by atoms with Crippen LogP contribution < -0.4 is 5.32 Å². The molecule has 118 valence electrons. The van der Waals surface area contributed by atoms with Crippen LogP contribution in [0.25, 0.3) is 10.8 Å². The first-order valence-corrected chi connectivity index (χ1v) is 9.25. The smallest absolute Gasteiger partial charge is 0.213 e. The predicted octanol–water partition coefficient (Wildman–Crippen LogP) is 2.58. The van der Waals surface area contributed by atoms with Crippen LogP contribution in [0.5, 0.6) is 0 Å². The van der Waals surface area contributed by atoms with Gasteiger partial charge in [0.2, 0.25) is 10.0 Å². The van der Waals surface area contributed by atoms with Crippen molar-refractivity contribution < 1.29 is 8.42 Å². The molecule has 1 aromatic carbocycles. The molecular weight excluding hydrogens is 322 g/mol. The van der Waals surface area contributed by atoms with Crippen molar-refractivity contribution in [1.82, 2.24) is 9.29 Å². The molecule has 2 heterocycles. The van der Waals surface area contributed by atoms with Crippen LogP contribution in [0.15, 0.2) is 30.3 Å².